The van der Waals surface area contributed by atoms with Crippen LogP contribution in [0, 0.1) is 13.8 Å². The second-order valence-corrected chi connectivity index (χ2v) is 4.43. The van der Waals surface area contributed by atoms with Crippen molar-refractivity contribution in [1.29, 1.82) is 0 Å². The Bertz CT molecular complexity index is 558. The van der Waals surface area contributed by atoms with Crippen LogP contribution < -0.4 is 10.4 Å². The van der Waals surface area contributed by atoms with Gasteiger partial charge in [0.05, 0.1) is 5.69 Å². The first-order valence-corrected chi connectivity index (χ1v) is 6.31. The molecule has 0 atom stereocenters. The minimum atomic E-state index is -0.240. The van der Waals surface area contributed by atoms with Crippen LogP contribution in [-0.4, -0.2) is 12.5 Å². The summed E-state index contributed by atoms with van der Waals surface area (Å²) in [7, 11) is 0. The Kier molecular flexibility index (Phi) is 3.90. The van der Waals surface area contributed by atoms with Crippen LogP contribution in [-0.2, 0) is 0 Å². The molecule has 1 heterocycles. The second-order valence-electron chi connectivity index (χ2n) is 4.43. The lowest BCUT2D eigenvalue weighted by Crippen LogP contribution is -2.42. The molecule has 1 aromatic heterocycles. The van der Waals surface area contributed by atoms with E-state index < -0.39 is 0 Å². The number of anilines is 1. The average Bonchev–Trinajstić information content (AvgIpc) is 2.84. The molecule has 0 aliphatic carbocycles. The molecule has 1 aromatic carbocycles. The van der Waals surface area contributed by atoms with Crippen molar-refractivity contribution in [3.05, 3.63) is 53.5 Å². The van der Waals surface area contributed by atoms with Crippen LogP contribution in [0.2, 0.25) is 0 Å². The number of amides is 1. The largest absolute Gasteiger partial charge is 0.456 e. The number of benzene rings is 1. The van der Waals surface area contributed by atoms with Gasteiger partial charge in [0.15, 0.2) is 5.76 Å². The Morgan fingerprint density at radius 1 is 1.16 bits per heavy atom. The van der Waals surface area contributed by atoms with Gasteiger partial charge < -0.3 is 4.42 Å². The predicted octanol–water partition coefficient (Wildman–Crippen LogP) is 3.07. The quantitative estimate of drug-likeness (QED) is 0.857. The molecule has 0 saturated heterocycles. The first-order valence-electron chi connectivity index (χ1n) is 6.31. The molecule has 0 unspecified atom stereocenters. The van der Waals surface area contributed by atoms with E-state index in [1.807, 2.05) is 45.0 Å². The van der Waals surface area contributed by atoms with Gasteiger partial charge in [0.2, 0.25) is 0 Å². The van der Waals surface area contributed by atoms with Crippen LogP contribution in [0.3, 0.4) is 0 Å². The highest BCUT2D eigenvalue weighted by Gasteiger charge is 2.13. The smallest absolute Gasteiger partial charge is 0.305 e. The number of furan rings is 1. The molecule has 0 bridgehead atoms. The molecular formula is C15H18N2O2. The highest BCUT2D eigenvalue weighted by molar-refractivity contribution is 5.92. The number of nitrogens with zero attached hydrogens (tertiary/aromatic N) is 1. The van der Waals surface area contributed by atoms with Gasteiger partial charge in [-0.2, -0.15) is 0 Å². The molecular weight excluding hydrogens is 240 g/mol. The third kappa shape index (κ3) is 3.16. The Hall–Kier alpha value is -2.23. The minimum Gasteiger partial charge on any atom is -0.456 e. The van der Waals surface area contributed by atoms with Gasteiger partial charge in [0.1, 0.15) is 5.76 Å². The molecule has 19 heavy (non-hydrogen) atoms. The van der Waals surface area contributed by atoms with Gasteiger partial charge in [-0.1, -0.05) is 17.7 Å². The van der Waals surface area contributed by atoms with Crippen LogP contribution in [0.5, 0.6) is 0 Å². The van der Waals surface area contributed by atoms with E-state index >= 15 is 0 Å². The summed E-state index contributed by atoms with van der Waals surface area (Å²) in [4.78, 5) is 12.0. The van der Waals surface area contributed by atoms with E-state index in [0.29, 0.717) is 12.3 Å². The number of hydrogen-bond acceptors (Lipinski definition) is 3. The van der Waals surface area contributed by atoms with Gasteiger partial charge in [-0.15, -0.1) is 0 Å². The second kappa shape index (κ2) is 5.61. The van der Waals surface area contributed by atoms with Gasteiger partial charge in [-0.3, -0.25) is 15.2 Å². The van der Waals surface area contributed by atoms with Gasteiger partial charge in [0, 0.05) is 6.54 Å². The number of carbonyl (C=O) groups is 1. The zero-order chi connectivity index (χ0) is 13.8. The predicted molar refractivity (Wildman–Crippen MR) is 75.1 cm³/mol. The molecule has 0 aliphatic heterocycles. The first-order chi connectivity index (χ1) is 9.10. The van der Waals surface area contributed by atoms with Gasteiger partial charge in [-0.05, 0) is 45.0 Å². The molecule has 2 rings (SSSR count). The summed E-state index contributed by atoms with van der Waals surface area (Å²) in [6, 6.07) is 11.4. The summed E-state index contributed by atoms with van der Waals surface area (Å²) in [5, 5.41) is 1.79. The molecule has 100 valence electrons. The van der Waals surface area contributed by atoms with Crippen molar-refractivity contribution < 1.29 is 9.21 Å². The molecule has 0 saturated carbocycles. The fourth-order valence-electron chi connectivity index (χ4n) is 1.79. The Morgan fingerprint density at radius 3 is 2.37 bits per heavy atom. The summed E-state index contributed by atoms with van der Waals surface area (Å²) in [5.41, 5.74) is 4.97. The van der Waals surface area contributed by atoms with E-state index in [4.69, 9.17) is 4.42 Å². The first kappa shape index (κ1) is 13.2. The van der Waals surface area contributed by atoms with Crippen LogP contribution >= 0.6 is 0 Å². The van der Waals surface area contributed by atoms with Gasteiger partial charge in [0.25, 0.3) is 0 Å². The molecule has 0 fully saturated rings. The summed E-state index contributed by atoms with van der Waals surface area (Å²) >= 11 is 0. The number of hydrogen-bond donors (Lipinski definition) is 1. The van der Waals surface area contributed by atoms with Gasteiger partial charge in [-0.25, -0.2) is 0 Å². The highest BCUT2D eigenvalue weighted by Crippen LogP contribution is 2.14. The lowest BCUT2D eigenvalue weighted by molar-refractivity contribution is 0.0920. The van der Waals surface area contributed by atoms with E-state index in [2.05, 4.69) is 5.43 Å². The third-order valence-corrected chi connectivity index (χ3v) is 2.86. The maximum Gasteiger partial charge on any atom is 0.305 e. The van der Waals surface area contributed by atoms with Crippen molar-refractivity contribution in [2.75, 3.05) is 11.6 Å². The topological polar surface area (TPSA) is 45.5 Å². The summed E-state index contributed by atoms with van der Waals surface area (Å²) in [5.74, 6) is 0.808. The maximum absolute atomic E-state index is 12.0. The molecule has 0 radical (unpaired) electrons. The monoisotopic (exact) mass is 258 g/mol. The zero-order valence-corrected chi connectivity index (χ0v) is 11.4. The summed E-state index contributed by atoms with van der Waals surface area (Å²) in [6.45, 7) is 6.50. The van der Waals surface area contributed by atoms with Crippen LogP contribution in [0.1, 0.15) is 28.8 Å². The molecule has 0 aliphatic rings. The minimum absolute atomic E-state index is 0.240. The maximum atomic E-state index is 12.0. The molecule has 4 nitrogen and oxygen atoms in total. The molecule has 2 aromatic rings. The van der Waals surface area contributed by atoms with Crippen LogP contribution in [0.4, 0.5) is 5.69 Å². The third-order valence-electron chi connectivity index (χ3n) is 2.86. The van der Waals surface area contributed by atoms with E-state index in [1.54, 1.807) is 17.1 Å². The highest BCUT2D eigenvalue weighted by atomic mass is 16.3. The fraction of sp³-hybridized carbons (Fsp3) is 0.267. The van der Waals surface area contributed by atoms with E-state index in [1.165, 1.54) is 5.56 Å². The number of nitrogens with one attached hydrogen (secondary N) is 1. The van der Waals surface area contributed by atoms with E-state index in [0.717, 1.165) is 11.4 Å². The van der Waals surface area contributed by atoms with Crippen LogP contribution in [0.25, 0.3) is 0 Å². The lowest BCUT2D eigenvalue weighted by atomic mass is 10.2. The molecule has 1 amide bonds. The Balaban J connectivity index is 2.11. The Labute approximate surface area is 113 Å². The van der Waals surface area contributed by atoms with Crippen molar-refractivity contribution >= 4 is 11.6 Å². The number of rotatable bonds is 4. The van der Waals surface area contributed by atoms with E-state index in [9.17, 15) is 4.79 Å². The van der Waals surface area contributed by atoms with Crippen molar-refractivity contribution in [2.24, 2.45) is 0 Å². The normalized spacial score (nSPS) is 10.3. The molecule has 4 heteroatoms. The van der Waals surface area contributed by atoms with Gasteiger partial charge >= 0.3 is 5.91 Å². The average molecular weight is 258 g/mol. The number of hydrazine groups is 1. The summed E-state index contributed by atoms with van der Waals surface area (Å²) in [6.07, 6.45) is 0. The van der Waals surface area contributed by atoms with Crippen molar-refractivity contribution in [3.63, 3.8) is 0 Å². The lowest BCUT2D eigenvalue weighted by Gasteiger charge is -2.23. The number of aryl methyl sites for hydroxylation is 2. The van der Waals surface area contributed by atoms with Crippen molar-refractivity contribution in [3.8, 4) is 0 Å². The van der Waals surface area contributed by atoms with Crippen LogP contribution in [0.15, 0.2) is 40.8 Å². The zero-order valence-electron chi connectivity index (χ0n) is 11.4. The Morgan fingerprint density at radius 2 is 1.84 bits per heavy atom. The van der Waals surface area contributed by atoms with E-state index in [-0.39, 0.29) is 5.91 Å². The molecule has 1 N–H and O–H groups in total. The fourth-order valence-corrected chi connectivity index (χ4v) is 1.79. The van der Waals surface area contributed by atoms with Crippen molar-refractivity contribution in [2.45, 2.75) is 20.8 Å². The standard InChI is InChI=1S/C15H18N2O2/c1-4-17(13-8-5-11(2)6-9-13)16-15(18)14-10-7-12(3)19-14/h5-10H,4H2,1-3H3,(H,16,18). The van der Waals surface area contributed by atoms with Crippen molar-refractivity contribution in [1.82, 2.24) is 5.43 Å². The SMILES string of the molecule is CCN(NC(=O)c1ccc(C)o1)c1ccc(C)cc1. The molecule has 0 spiro atoms. The number of carbonyl (C=O) groups excluding carboxylic acids is 1. The summed E-state index contributed by atoms with van der Waals surface area (Å²) < 4.78 is 5.31.